The van der Waals surface area contributed by atoms with Crippen molar-refractivity contribution in [3.05, 3.63) is 156 Å². The Morgan fingerprint density at radius 3 is 2.22 bits per heavy atom. The van der Waals surface area contributed by atoms with Gasteiger partial charge >= 0.3 is 0 Å². The van der Waals surface area contributed by atoms with Crippen molar-refractivity contribution in [1.82, 2.24) is 9.97 Å². The van der Waals surface area contributed by atoms with Crippen molar-refractivity contribution in [3.8, 4) is 33.6 Å². The van der Waals surface area contributed by atoms with Crippen molar-refractivity contribution in [1.29, 1.82) is 0 Å². The first-order valence-corrected chi connectivity index (χ1v) is 15.7. The smallest absolute Gasteiger partial charge is 0.121 e. The van der Waals surface area contributed by atoms with E-state index < -0.39 is 25.5 Å². The van der Waals surface area contributed by atoms with Crippen LogP contribution < -0.4 is 0 Å². The van der Waals surface area contributed by atoms with E-state index >= 15 is 0 Å². The van der Waals surface area contributed by atoms with E-state index in [-0.39, 0.29) is 31.2 Å². The van der Waals surface area contributed by atoms with Crippen molar-refractivity contribution in [2.75, 3.05) is 0 Å². The van der Waals surface area contributed by atoms with Crippen LogP contribution in [0.15, 0.2) is 132 Å². The van der Waals surface area contributed by atoms with Crippen LogP contribution in [0.25, 0.3) is 66.4 Å². The van der Waals surface area contributed by atoms with Gasteiger partial charge in [-0.2, -0.15) is 0 Å². The Bertz CT molecular complexity index is 2610. The van der Waals surface area contributed by atoms with E-state index in [1.807, 2.05) is 69.4 Å². The van der Waals surface area contributed by atoms with E-state index in [2.05, 4.69) is 64.6 Å². The summed E-state index contributed by atoms with van der Waals surface area (Å²) in [6.07, 6.45) is 1.69. The average Bonchev–Trinajstić information content (AvgIpc) is 3.56. The molecule has 0 saturated heterocycles. The fourth-order valence-electron chi connectivity index (χ4n) is 5.71. The maximum atomic E-state index is 8.55. The molecule has 8 aromatic rings. The molecule has 0 N–H and O–H groups in total. The zero-order chi connectivity index (χ0) is 40.0. The maximum Gasteiger partial charge on any atom is 0.121 e. The quantitative estimate of drug-likeness (QED) is 0.166. The van der Waals surface area contributed by atoms with Crippen LogP contribution in [0.2, 0.25) is 0 Å². The minimum atomic E-state index is -2.18. The number of hydrogen-bond acceptors (Lipinski definition) is 3. The Kier molecular flexibility index (Phi) is 7.34. The summed E-state index contributed by atoms with van der Waals surface area (Å²) in [4.78, 5) is 8.71. The topological polar surface area (TPSA) is 38.9 Å². The van der Waals surface area contributed by atoms with Gasteiger partial charge in [-0.15, -0.1) is 59.2 Å². The summed E-state index contributed by atoms with van der Waals surface area (Å²) in [7, 11) is 0. The monoisotopic (exact) mass is 823 g/mol. The molecule has 0 atom stereocenters. The summed E-state index contributed by atoms with van der Waals surface area (Å²) in [5, 5.41) is 4.51. The number of hydrogen-bond donors (Lipinski definition) is 0. The third kappa shape index (κ3) is 7.73. The van der Waals surface area contributed by atoms with Gasteiger partial charge in [-0.3, -0.25) is 0 Å². The predicted octanol–water partition coefficient (Wildman–Crippen LogP) is 12.0. The molecular formula is C45H38IrN2O-2. The van der Waals surface area contributed by atoms with E-state index in [0.29, 0.717) is 16.8 Å². The van der Waals surface area contributed by atoms with Crippen molar-refractivity contribution in [3.63, 3.8) is 0 Å². The van der Waals surface area contributed by atoms with Gasteiger partial charge in [0.2, 0.25) is 0 Å². The van der Waals surface area contributed by atoms with Gasteiger partial charge in [-0.25, -0.2) is 0 Å². The zero-order valence-corrected chi connectivity index (χ0v) is 29.7. The van der Waals surface area contributed by atoms with E-state index in [9.17, 15) is 0 Å². The Morgan fingerprint density at radius 2 is 1.49 bits per heavy atom. The van der Waals surface area contributed by atoms with E-state index in [0.717, 1.165) is 44.3 Å². The van der Waals surface area contributed by atoms with Crippen molar-refractivity contribution in [2.45, 2.75) is 40.8 Å². The van der Waals surface area contributed by atoms with Gasteiger partial charge in [0.25, 0.3) is 0 Å². The number of fused-ring (bicyclic) bond motifs is 5. The summed E-state index contributed by atoms with van der Waals surface area (Å²) in [6.45, 7) is 1.44. The van der Waals surface area contributed by atoms with Crippen LogP contribution in [0.4, 0.5) is 0 Å². The standard InChI is InChI=1S/C32H26NO.C13H12N.Ir/c1-32(2,3)20-21-8-10-22(11-9-21)24-16-17-33-28(19-24)25-13-14-29-27(18-25)31-26-7-5-4-6-23(26)12-15-30(31)34-29;1-10-3-6-12(7-4-10)13-8-5-11(2)9-14-13;/h4-12,14-19H,20H2,1-3H3;3-6,8-9H,1-2H3;/q2*-1;/i20D2;1D3,2D3;. The first kappa shape index (κ1) is 25.1. The summed E-state index contributed by atoms with van der Waals surface area (Å²) in [6, 6.07) is 42.1. The van der Waals surface area contributed by atoms with Gasteiger partial charge in [-0.1, -0.05) is 106 Å². The van der Waals surface area contributed by atoms with Crippen LogP contribution in [0.1, 0.15) is 48.4 Å². The molecule has 8 rings (SSSR count). The number of aryl methyl sites for hydroxylation is 2. The maximum absolute atomic E-state index is 8.55. The van der Waals surface area contributed by atoms with Crippen LogP contribution in [0, 0.1) is 31.3 Å². The van der Waals surface area contributed by atoms with Crippen LogP contribution in [0.3, 0.4) is 0 Å². The molecule has 3 aromatic heterocycles. The second-order valence-corrected chi connectivity index (χ2v) is 12.7. The largest absolute Gasteiger partial charge is 0.500 e. The molecule has 0 aliphatic heterocycles. The average molecular weight is 823 g/mol. The molecule has 0 amide bonds. The van der Waals surface area contributed by atoms with Crippen molar-refractivity contribution >= 4 is 32.7 Å². The third-order valence-electron chi connectivity index (χ3n) is 7.92. The molecule has 0 unspecified atom stereocenters. The van der Waals surface area contributed by atoms with Gasteiger partial charge in [0.1, 0.15) is 5.58 Å². The van der Waals surface area contributed by atoms with Gasteiger partial charge in [0.05, 0.1) is 5.58 Å². The zero-order valence-electron chi connectivity index (χ0n) is 35.3. The van der Waals surface area contributed by atoms with Crippen LogP contribution >= 0.6 is 0 Å². The third-order valence-corrected chi connectivity index (χ3v) is 7.92. The summed E-state index contributed by atoms with van der Waals surface area (Å²) in [5.41, 5.74) is 7.20. The van der Waals surface area contributed by atoms with Crippen LogP contribution in [-0.2, 0) is 26.5 Å². The second-order valence-electron chi connectivity index (χ2n) is 12.7. The molecule has 0 aliphatic rings. The fourth-order valence-corrected chi connectivity index (χ4v) is 5.71. The Balaban J connectivity index is 0.000000223. The van der Waals surface area contributed by atoms with Crippen molar-refractivity contribution in [2.24, 2.45) is 5.41 Å². The molecule has 0 bridgehead atoms. The molecule has 0 fully saturated rings. The molecule has 0 saturated carbocycles. The SMILES string of the molecule is [2H]C([2H])([2H])c1c[c-]c(-c2ccc(C([2H])([2H])[2H])cn2)cc1.[2H]C([2H])(c1ccc(-c2ccnc(-c3[c-]cc4oc5ccc6ccccc6c5c4c3)c2)cc1)C(C)(C)C.[Ir]. The number of pyridine rings is 2. The first-order valence-electron chi connectivity index (χ1n) is 19.7. The molecule has 3 heterocycles. The number of nitrogens with zero attached hydrogens (tertiary/aromatic N) is 2. The first-order chi connectivity index (χ1) is 26.4. The Morgan fingerprint density at radius 1 is 0.694 bits per heavy atom. The molecule has 4 heteroatoms. The Labute approximate surface area is 313 Å². The molecule has 1 radical (unpaired) electrons. The molecule has 3 nitrogen and oxygen atoms in total. The van der Waals surface area contributed by atoms with E-state index in [1.54, 1.807) is 12.1 Å². The summed E-state index contributed by atoms with van der Waals surface area (Å²) < 4.78 is 66.9. The molecular weight excluding hydrogens is 777 g/mol. The Hall–Kier alpha value is -4.89. The molecule has 5 aromatic carbocycles. The van der Waals surface area contributed by atoms with Gasteiger partial charge < -0.3 is 14.4 Å². The number of aromatic nitrogens is 2. The van der Waals surface area contributed by atoms with Gasteiger partial charge in [0, 0.05) is 48.9 Å². The second kappa shape index (κ2) is 14.3. The number of benzene rings is 5. The minimum absolute atomic E-state index is 0. The fraction of sp³-hybridized carbons (Fsp3) is 0.156. The predicted molar refractivity (Wildman–Crippen MR) is 200 cm³/mol. The van der Waals surface area contributed by atoms with Crippen LogP contribution in [-0.4, -0.2) is 9.97 Å². The minimum Gasteiger partial charge on any atom is -0.500 e. The van der Waals surface area contributed by atoms with Crippen LogP contribution in [0.5, 0.6) is 0 Å². The number of furan rings is 1. The summed E-state index contributed by atoms with van der Waals surface area (Å²) in [5.74, 6) is 0. The van der Waals surface area contributed by atoms with E-state index in [1.165, 1.54) is 35.2 Å². The molecule has 0 spiro atoms. The normalized spacial score (nSPS) is 14.5. The van der Waals surface area contributed by atoms with Gasteiger partial charge in [-0.05, 0) is 75.2 Å². The van der Waals surface area contributed by atoms with Gasteiger partial charge in [0.15, 0.2) is 0 Å². The molecule has 245 valence electrons. The molecule has 49 heavy (non-hydrogen) atoms. The number of rotatable bonds is 4. The van der Waals surface area contributed by atoms with Crippen molar-refractivity contribution < 1.29 is 35.5 Å². The van der Waals surface area contributed by atoms with E-state index in [4.69, 9.17) is 15.4 Å². The molecule has 0 aliphatic carbocycles. The summed E-state index contributed by atoms with van der Waals surface area (Å²) >= 11 is 0.